The molecule has 0 bridgehead atoms. The quantitative estimate of drug-likeness (QED) is 0.741. The molecule has 1 aromatic carbocycles. The van der Waals surface area contributed by atoms with E-state index in [2.05, 4.69) is 68.4 Å². The van der Waals surface area contributed by atoms with Crippen molar-refractivity contribution in [2.45, 2.75) is 19.8 Å². The molecule has 0 spiro atoms. The summed E-state index contributed by atoms with van der Waals surface area (Å²) in [6.45, 7) is 6.22. The number of aryl methyl sites for hydroxylation is 1. The van der Waals surface area contributed by atoms with Gasteiger partial charge in [0.25, 0.3) is 0 Å². The number of rotatable bonds is 3. The molecule has 0 atom stereocenters. The van der Waals surface area contributed by atoms with Gasteiger partial charge in [0.05, 0.1) is 11.4 Å². The van der Waals surface area contributed by atoms with Gasteiger partial charge < -0.3 is 9.80 Å². The molecule has 1 saturated heterocycles. The third-order valence-corrected chi connectivity index (χ3v) is 4.62. The average Bonchev–Trinajstić information content (AvgIpc) is 2.97. The van der Waals surface area contributed by atoms with Gasteiger partial charge in [0.15, 0.2) is 0 Å². The van der Waals surface area contributed by atoms with Crippen molar-refractivity contribution in [3.63, 3.8) is 0 Å². The maximum absolute atomic E-state index is 4.55. The second kappa shape index (κ2) is 6.47. The smallest absolute Gasteiger partial charge is 0.200 e. The summed E-state index contributed by atoms with van der Waals surface area (Å²) < 4.78 is 1.80. The molecule has 1 fully saturated rings. The molecule has 0 radical (unpaired) electrons. The van der Waals surface area contributed by atoms with Gasteiger partial charge >= 0.3 is 0 Å². The largest absolute Gasteiger partial charge is 0.370 e. The summed E-state index contributed by atoms with van der Waals surface area (Å²) in [4.78, 5) is 4.89. The fraction of sp³-hybridized carbons (Fsp3) is 0.389. The lowest BCUT2D eigenvalue weighted by Crippen LogP contribution is -2.31. The Morgan fingerprint density at radius 3 is 2.62 bits per heavy atom. The zero-order valence-electron chi connectivity index (χ0n) is 14.0. The Labute approximate surface area is 141 Å². The Kier molecular flexibility index (Phi) is 4.02. The van der Waals surface area contributed by atoms with Crippen LogP contribution in [0.5, 0.6) is 0 Å². The minimum absolute atomic E-state index is 0.848. The molecular formula is C18H22N6. The zero-order valence-corrected chi connectivity index (χ0v) is 14.0. The first kappa shape index (κ1) is 14.9. The van der Waals surface area contributed by atoms with E-state index in [0.717, 1.165) is 56.0 Å². The van der Waals surface area contributed by atoms with E-state index in [-0.39, 0.29) is 0 Å². The fourth-order valence-corrected chi connectivity index (χ4v) is 3.32. The van der Waals surface area contributed by atoms with Crippen LogP contribution in [0, 0.1) is 0 Å². The lowest BCUT2D eigenvalue weighted by molar-refractivity contribution is 0.795. The van der Waals surface area contributed by atoms with Crippen molar-refractivity contribution in [1.29, 1.82) is 0 Å². The van der Waals surface area contributed by atoms with E-state index in [4.69, 9.17) is 0 Å². The summed E-state index contributed by atoms with van der Waals surface area (Å²) in [5.74, 6) is 0. The summed E-state index contributed by atoms with van der Waals surface area (Å²) in [7, 11) is 0. The molecule has 0 amide bonds. The molecule has 1 aliphatic heterocycles. The van der Waals surface area contributed by atoms with E-state index in [1.54, 1.807) is 10.8 Å². The van der Waals surface area contributed by atoms with E-state index >= 15 is 0 Å². The number of anilines is 2. The van der Waals surface area contributed by atoms with Crippen LogP contribution < -0.4 is 9.80 Å². The summed E-state index contributed by atoms with van der Waals surface area (Å²) in [6, 6.07) is 12.8. The van der Waals surface area contributed by atoms with Crippen LogP contribution in [-0.2, 0) is 6.42 Å². The average molecular weight is 322 g/mol. The highest BCUT2D eigenvalue weighted by molar-refractivity contribution is 5.68. The van der Waals surface area contributed by atoms with Crippen LogP contribution in [0.15, 0.2) is 42.7 Å². The summed E-state index contributed by atoms with van der Waals surface area (Å²) >= 11 is 0. The highest BCUT2D eigenvalue weighted by Gasteiger charge is 2.19. The van der Waals surface area contributed by atoms with Gasteiger partial charge in [-0.2, -0.15) is 9.61 Å². The van der Waals surface area contributed by atoms with Crippen LogP contribution in [0.3, 0.4) is 0 Å². The molecule has 3 heterocycles. The van der Waals surface area contributed by atoms with Gasteiger partial charge in [-0.3, -0.25) is 0 Å². The van der Waals surface area contributed by atoms with Gasteiger partial charge in [-0.25, -0.2) is 0 Å². The van der Waals surface area contributed by atoms with E-state index < -0.39 is 0 Å². The number of hydrogen-bond acceptors (Lipinski definition) is 5. The SMILES string of the molecule is CCc1cc(N2CCCN(c3ccccc3)CC2)c2nncn2n1. The maximum Gasteiger partial charge on any atom is 0.200 e. The van der Waals surface area contributed by atoms with E-state index in [0.29, 0.717) is 0 Å². The zero-order chi connectivity index (χ0) is 16.4. The molecule has 0 saturated carbocycles. The molecule has 2 aromatic heterocycles. The monoisotopic (exact) mass is 322 g/mol. The van der Waals surface area contributed by atoms with Gasteiger partial charge in [0.1, 0.15) is 6.33 Å². The summed E-state index contributed by atoms with van der Waals surface area (Å²) in [5.41, 5.74) is 4.37. The Balaban J connectivity index is 1.60. The van der Waals surface area contributed by atoms with Crippen LogP contribution in [0.25, 0.3) is 5.65 Å². The van der Waals surface area contributed by atoms with Crippen LogP contribution in [0.2, 0.25) is 0 Å². The van der Waals surface area contributed by atoms with Crippen molar-refractivity contribution in [2.24, 2.45) is 0 Å². The third kappa shape index (κ3) is 2.79. The Morgan fingerprint density at radius 1 is 1.00 bits per heavy atom. The number of nitrogens with zero attached hydrogens (tertiary/aromatic N) is 6. The first-order chi connectivity index (χ1) is 11.8. The van der Waals surface area contributed by atoms with Gasteiger partial charge in [0, 0.05) is 31.9 Å². The number of para-hydroxylation sites is 1. The maximum atomic E-state index is 4.55. The predicted molar refractivity (Wildman–Crippen MR) is 95.6 cm³/mol. The van der Waals surface area contributed by atoms with E-state index in [1.165, 1.54) is 5.69 Å². The summed E-state index contributed by atoms with van der Waals surface area (Å²) in [6.07, 6.45) is 3.72. The topological polar surface area (TPSA) is 49.6 Å². The van der Waals surface area contributed by atoms with E-state index in [1.807, 2.05) is 0 Å². The van der Waals surface area contributed by atoms with Gasteiger partial charge in [-0.1, -0.05) is 25.1 Å². The third-order valence-electron chi connectivity index (χ3n) is 4.62. The molecule has 0 aliphatic carbocycles. The van der Waals surface area contributed by atoms with Gasteiger partial charge in [-0.05, 0) is 31.0 Å². The molecule has 3 aromatic rings. The molecule has 24 heavy (non-hydrogen) atoms. The minimum Gasteiger partial charge on any atom is -0.370 e. The standard InChI is InChI=1S/C18H22N6/c1-2-15-13-17(18-20-19-14-24(18)21-15)23-10-6-9-22(11-12-23)16-7-4-3-5-8-16/h3-5,7-8,13-14H,2,6,9-12H2,1H3. The molecule has 0 unspecified atom stereocenters. The molecular weight excluding hydrogens is 300 g/mol. The number of hydrogen-bond donors (Lipinski definition) is 0. The van der Waals surface area contributed by atoms with Crippen LogP contribution in [0.1, 0.15) is 19.0 Å². The summed E-state index contributed by atoms with van der Waals surface area (Å²) in [5, 5.41) is 12.9. The Morgan fingerprint density at radius 2 is 1.79 bits per heavy atom. The molecule has 124 valence electrons. The van der Waals surface area contributed by atoms with Crippen LogP contribution >= 0.6 is 0 Å². The molecule has 1 aliphatic rings. The van der Waals surface area contributed by atoms with Crippen molar-refractivity contribution in [2.75, 3.05) is 36.0 Å². The van der Waals surface area contributed by atoms with Gasteiger partial charge in [-0.15, -0.1) is 10.2 Å². The predicted octanol–water partition coefficient (Wildman–Crippen LogP) is 2.40. The molecule has 6 nitrogen and oxygen atoms in total. The van der Waals surface area contributed by atoms with Gasteiger partial charge in [0.2, 0.25) is 5.65 Å². The van der Waals surface area contributed by atoms with Crippen molar-refractivity contribution in [1.82, 2.24) is 19.8 Å². The van der Waals surface area contributed by atoms with Crippen LogP contribution in [-0.4, -0.2) is 46.0 Å². The Hall–Kier alpha value is -2.63. The number of fused-ring (bicyclic) bond motifs is 1. The first-order valence-corrected chi connectivity index (χ1v) is 8.60. The highest BCUT2D eigenvalue weighted by atomic mass is 15.4. The number of aromatic nitrogens is 4. The molecule has 4 rings (SSSR count). The normalized spacial score (nSPS) is 15.7. The fourth-order valence-electron chi connectivity index (χ4n) is 3.32. The second-order valence-electron chi connectivity index (χ2n) is 6.14. The van der Waals surface area contributed by atoms with Crippen molar-refractivity contribution < 1.29 is 0 Å². The van der Waals surface area contributed by atoms with Crippen LogP contribution in [0.4, 0.5) is 11.4 Å². The molecule has 6 heteroatoms. The lowest BCUT2D eigenvalue weighted by atomic mass is 10.2. The van der Waals surface area contributed by atoms with Crippen molar-refractivity contribution in [3.8, 4) is 0 Å². The number of benzene rings is 1. The molecule has 0 N–H and O–H groups in total. The minimum atomic E-state index is 0.848. The first-order valence-electron chi connectivity index (χ1n) is 8.60. The van der Waals surface area contributed by atoms with Crippen molar-refractivity contribution >= 4 is 17.0 Å². The second-order valence-corrected chi connectivity index (χ2v) is 6.14. The highest BCUT2D eigenvalue weighted by Crippen LogP contribution is 2.23. The van der Waals surface area contributed by atoms with E-state index in [9.17, 15) is 0 Å². The Bertz CT molecular complexity index is 813. The lowest BCUT2D eigenvalue weighted by Gasteiger charge is -2.25. The van der Waals surface area contributed by atoms with Crippen molar-refractivity contribution in [3.05, 3.63) is 48.4 Å².